The molecule has 2 N–H and O–H groups in total. The first-order valence-corrected chi connectivity index (χ1v) is 7.79. The summed E-state index contributed by atoms with van der Waals surface area (Å²) >= 11 is 0. The Kier molecular flexibility index (Phi) is 4.54. The van der Waals surface area contributed by atoms with E-state index in [1.807, 2.05) is 13.8 Å². The van der Waals surface area contributed by atoms with Crippen molar-refractivity contribution < 1.29 is 5.21 Å². The van der Waals surface area contributed by atoms with Crippen LogP contribution in [0.1, 0.15) is 13.8 Å². The normalized spacial score (nSPS) is 13.9. The van der Waals surface area contributed by atoms with Crippen molar-refractivity contribution in [2.45, 2.75) is 39.5 Å². The van der Waals surface area contributed by atoms with Crippen molar-refractivity contribution in [2.75, 3.05) is 0 Å². The fourth-order valence-electron chi connectivity index (χ4n) is 0.642. The van der Waals surface area contributed by atoms with E-state index in [1.165, 1.54) is 0 Å². The highest BCUT2D eigenvalue weighted by Gasteiger charge is 2.11. The van der Waals surface area contributed by atoms with Crippen LogP contribution < -0.4 is 5.48 Å². The van der Waals surface area contributed by atoms with E-state index >= 15 is 0 Å². The molecule has 0 aromatic rings. The summed E-state index contributed by atoms with van der Waals surface area (Å²) in [4.78, 5) is 0. The molecule has 0 aliphatic rings. The van der Waals surface area contributed by atoms with Crippen LogP contribution in [0, 0.1) is 17.4 Å². The van der Waals surface area contributed by atoms with Gasteiger partial charge < -0.3 is 5.21 Å². The van der Waals surface area contributed by atoms with Crippen LogP contribution >= 0.6 is 0 Å². The third-order valence-electron chi connectivity index (χ3n) is 1.41. The smallest absolute Gasteiger partial charge is 0.129 e. The van der Waals surface area contributed by atoms with Crippen molar-refractivity contribution in [3.05, 3.63) is 0 Å². The quantitative estimate of drug-likeness (QED) is 0.391. The molecule has 0 radical (unpaired) electrons. The Morgan fingerprint density at radius 1 is 1.25 bits per heavy atom. The predicted octanol–water partition coefficient (Wildman–Crippen LogP) is 1.87. The topological polar surface area (TPSA) is 32.3 Å². The van der Waals surface area contributed by atoms with E-state index in [-0.39, 0.29) is 6.04 Å². The molecule has 1 atom stereocenters. The lowest BCUT2D eigenvalue weighted by atomic mass is 10.1. The number of hydroxylamine groups is 1. The SMILES string of the molecule is CC(C)[C@H](C#C[Si](C)(C)C)NO. The van der Waals surface area contributed by atoms with Gasteiger partial charge in [0.2, 0.25) is 0 Å². The molecule has 3 heteroatoms. The molecule has 0 spiro atoms. The molecule has 0 fully saturated rings. The molecular formula is C9H19NOSi. The van der Waals surface area contributed by atoms with E-state index in [2.05, 4.69) is 36.6 Å². The van der Waals surface area contributed by atoms with Crippen molar-refractivity contribution in [1.29, 1.82) is 0 Å². The van der Waals surface area contributed by atoms with Crippen LogP contribution in [0.25, 0.3) is 0 Å². The summed E-state index contributed by atoms with van der Waals surface area (Å²) in [6.07, 6.45) is 0. The van der Waals surface area contributed by atoms with Gasteiger partial charge in [-0.25, -0.2) is 0 Å². The first-order valence-electron chi connectivity index (χ1n) is 4.29. The number of hydrogen-bond acceptors (Lipinski definition) is 2. The average Bonchev–Trinajstić information content (AvgIpc) is 1.85. The Labute approximate surface area is 76.3 Å². The molecule has 12 heavy (non-hydrogen) atoms. The molecule has 70 valence electrons. The second kappa shape index (κ2) is 4.66. The maximum absolute atomic E-state index is 8.76. The molecule has 0 aliphatic carbocycles. The van der Waals surface area contributed by atoms with Crippen LogP contribution in [0.4, 0.5) is 0 Å². The largest absolute Gasteiger partial charge is 0.316 e. The Morgan fingerprint density at radius 2 is 1.75 bits per heavy atom. The van der Waals surface area contributed by atoms with Gasteiger partial charge in [0.15, 0.2) is 0 Å². The van der Waals surface area contributed by atoms with Gasteiger partial charge in [-0.2, -0.15) is 5.48 Å². The Hall–Kier alpha value is -0.303. The lowest BCUT2D eigenvalue weighted by molar-refractivity contribution is 0.129. The van der Waals surface area contributed by atoms with Gasteiger partial charge in [-0.1, -0.05) is 39.4 Å². The summed E-state index contributed by atoms with van der Waals surface area (Å²) in [5.41, 5.74) is 5.44. The molecule has 0 aromatic heterocycles. The van der Waals surface area contributed by atoms with Gasteiger partial charge in [0, 0.05) is 0 Å². The monoisotopic (exact) mass is 185 g/mol. The van der Waals surface area contributed by atoms with E-state index < -0.39 is 8.07 Å². The summed E-state index contributed by atoms with van der Waals surface area (Å²) in [6, 6.07) is -0.0864. The second-order valence-corrected chi connectivity index (χ2v) is 9.12. The third-order valence-corrected chi connectivity index (χ3v) is 2.30. The summed E-state index contributed by atoms with van der Waals surface area (Å²) < 4.78 is 0. The van der Waals surface area contributed by atoms with Crippen LogP contribution in [0.3, 0.4) is 0 Å². The highest BCUT2D eigenvalue weighted by atomic mass is 28.3. The van der Waals surface area contributed by atoms with Gasteiger partial charge in [-0.15, -0.1) is 5.54 Å². The van der Waals surface area contributed by atoms with Crippen molar-refractivity contribution >= 4 is 8.07 Å². The minimum absolute atomic E-state index is 0.0864. The van der Waals surface area contributed by atoms with Gasteiger partial charge >= 0.3 is 0 Å². The molecule has 0 aliphatic heterocycles. The fourth-order valence-corrected chi connectivity index (χ4v) is 1.23. The summed E-state index contributed by atoms with van der Waals surface area (Å²) in [5, 5.41) is 8.76. The van der Waals surface area contributed by atoms with E-state index in [1.54, 1.807) is 0 Å². The molecule has 0 amide bonds. The minimum Gasteiger partial charge on any atom is -0.316 e. The van der Waals surface area contributed by atoms with E-state index in [0.29, 0.717) is 5.92 Å². The highest BCUT2D eigenvalue weighted by Crippen LogP contribution is 2.01. The summed E-state index contributed by atoms with van der Waals surface area (Å²) in [6.45, 7) is 10.6. The summed E-state index contributed by atoms with van der Waals surface area (Å²) in [7, 11) is -1.29. The lowest BCUT2D eigenvalue weighted by Gasteiger charge is -2.13. The van der Waals surface area contributed by atoms with E-state index in [4.69, 9.17) is 5.21 Å². The van der Waals surface area contributed by atoms with Crippen molar-refractivity contribution in [1.82, 2.24) is 5.48 Å². The van der Waals surface area contributed by atoms with Crippen molar-refractivity contribution in [3.8, 4) is 11.5 Å². The third kappa shape index (κ3) is 5.36. The van der Waals surface area contributed by atoms with Gasteiger partial charge in [0.1, 0.15) is 8.07 Å². The molecule has 0 saturated carbocycles. The zero-order valence-corrected chi connectivity index (χ0v) is 9.60. The van der Waals surface area contributed by atoms with Gasteiger partial charge in [-0.3, -0.25) is 0 Å². The summed E-state index contributed by atoms with van der Waals surface area (Å²) in [5.74, 6) is 3.41. The molecular weight excluding hydrogens is 166 g/mol. The van der Waals surface area contributed by atoms with Crippen molar-refractivity contribution in [3.63, 3.8) is 0 Å². The first-order chi connectivity index (χ1) is 5.37. The van der Waals surface area contributed by atoms with E-state index in [0.717, 1.165) is 0 Å². The fraction of sp³-hybridized carbons (Fsp3) is 0.778. The maximum atomic E-state index is 8.76. The van der Waals surface area contributed by atoms with Gasteiger partial charge in [0.05, 0.1) is 6.04 Å². The Bertz CT molecular complexity index is 185. The van der Waals surface area contributed by atoms with Crippen LogP contribution in [0.5, 0.6) is 0 Å². The lowest BCUT2D eigenvalue weighted by Crippen LogP contribution is -2.30. The molecule has 2 nitrogen and oxygen atoms in total. The predicted molar refractivity (Wildman–Crippen MR) is 54.7 cm³/mol. The minimum atomic E-state index is -1.29. The molecule has 0 saturated heterocycles. The molecule has 0 unspecified atom stereocenters. The molecule has 0 bridgehead atoms. The van der Waals surface area contributed by atoms with E-state index in [9.17, 15) is 0 Å². The zero-order valence-electron chi connectivity index (χ0n) is 8.60. The Morgan fingerprint density at radius 3 is 2.00 bits per heavy atom. The maximum Gasteiger partial charge on any atom is 0.129 e. The van der Waals surface area contributed by atoms with Crippen LogP contribution in [0.15, 0.2) is 0 Å². The standard InChI is InChI=1S/C9H19NOSi/c1-8(2)9(10-11)6-7-12(3,4)5/h8-11H,1-5H3/t9-/m0/s1. The Balaban J connectivity index is 4.25. The number of nitrogens with one attached hydrogen (secondary N) is 1. The number of hydrogen-bond donors (Lipinski definition) is 2. The second-order valence-electron chi connectivity index (χ2n) is 4.37. The zero-order chi connectivity index (χ0) is 9.78. The van der Waals surface area contributed by atoms with Gasteiger partial charge in [0.25, 0.3) is 0 Å². The first kappa shape index (κ1) is 11.7. The molecule has 0 rings (SSSR count). The van der Waals surface area contributed by atoms with Crippen LogP contribution in [0.2, 0.25) is 19.6 Å². The highest BCUT2D eigenvalue weighted by molar-refractivity contribution is 6.83. The van der Waals surface area contributed by atoms with Crippen molar-refractivity contribution in [2.24, 2.45) is 5.92 Å². The van der Waals surface area contributed by atoms with Crippen LogP contribution in [-0.4, -0.2) is 19.3 Å². The molecule has 0 heterocycles. The number of rotatable bonds is 2. The average molecular weight is 185 g/mol. The molecule has 0 aromatic carbocycles. The van der Waals surface area contributed by atoms with Gasteiger partial charge in [-0.05, 0) is 5.92 Å². The van der Waals surface area contributed by atoms with Crippen LogP contribution in [-0.2, 0) is 0 Å².